The van der Waals surface area contributed by atoms with Gasteiger partial charge in [-0.1, -0.05) is 13.8 Å². The molecule has 0 aliphatic heterocycles. The normalized spacial score (nSPS) is 14.6. The Hall–Kier alpha value is -0.860. The average Bonchev–Trinajstić information content (AvgIpc) is 2.02. The maximum absolute atomic E-state index is 11.3. The fourth-order valence-electron chi connectivity index (χ4n) is 1.56. The Morgan fingerprint density at radius 3 is 2.29 bits per heavy atom. The van der Waals surface area contributed by atoms with Crippen molar-refractivity contribution in [3.05, 3.63) is 0 Å². The minimum Gasteiger partial charge on any atom is -0.466 e. The summed E-state index contributed by atoms with van der Waals surface area (Å²) in [6, 6.07) is 0. The number of ketones is 1. The molecule has 2 atom stereocenters. The Morgan fingerprint density at radius 1 is 1.29 bits per heavy atom. The van der Waals surface area contributed by atoms with Crippen LogP contribution in [0.3, 0.4) is 0 Å². The smallest absolute Gasteiger partial charge is 0.308 e. The van der Waals surface area contributed by atoms with Gasteiger partial charge in [0, 0.05) is 6.42 Å². The number of esters is 1. The van der Waals surface area contributed by atoms with E-state index < -0.39 is 0 Å². The predicted molar refractivity (Wildman–Crippen MR) is 54.9 cm³/mol. The third-order valence-corrected chi connectivity index (χ3v) is 2.08. The topological polar surface area (TPSA) is 43.4 Å². The Labute approximate surface area is 85.8 Å². The van der Waals surface area contributed by atoms with E-state index in [0.717, 1.165) is 6.42 Å². The standard InChI is InChI=1S/C11H20O3/c1-5-14-11(13)9(3)6-8(2)7-10(4)12/h8-9H,5-7H2,1-4H3/t8-,9+/m1/s1. The molecule has 0 saturated carbocycles. The zero-order chi connectivity index (χ0) is 11.1. The quantitative estimate of drug-likeness (QED) is 0.617. The van der Waals surface area contributed by atoms with Gasteiger partial charge in [0.05, 0.1) is 12.5 Å². The molecule has 3 nitrogen and oxygen atoms in total. The fraction of sp³-hybridized carbons (Fsp3) is 0.818. The molecular weight excluding hydrogens is 180 g/mol. The molecular formula is C11H20O3. The van der Waals surface area contributed by atoms with Gasteiger partial charge in [-0.25, -0.2) is 0 Å². The van der Waals surface area contributed by atoms with E-state index in [1.54, 1.807) is 13.8 Å². The first-order chi connectivity index (χ1) is 6.47. The van der Waals surface area contributed by atoms with E-state index in [1.165, 1.54) is 0 Å². The van der Waals surface area contributed by atoms with E-state index in [1.807, 2.05) is 13.8 Å². The van der Waals surface area contributed by atoms with Gasteiger partial charge in [-0.05, 0) is 26.2 Å². The summed E-state index contributed by atoms with van der Waals surface area (Å²) in [5, 5.41) is 0. The van der Waals surface area contributed by atoms with E-state index in [4.69, 9.17) is 4.74 Å². The van der Waals surface area contributed by atoms with Crippen molar-refractivity contribution in [1.29, 1.82) is 0 Å². The first-order valence-electron chi connectivity index (χ1n) is 5.13. The molecule has 0 fully saturated rings. The van der Waals surface area contributed by atoms with Crippen molar-refractivity contribution in [2.75, 3.05) is 6.61 Å². The van der Waals surface area contributed by atoms with Crippen molar-refractivity contribution in [2.45, 2.75) is 40.5 Å². The summed E-state index contributed by atoms with van der Waals surface area (Å²) < 4.78 is 4.89. The van der Waals surface area contributed by atoms with Crippen LogP contribution >= 0.6 is 0 Å². The van der Waals surface area contributed by atoms with Gasteiger partial charge in [0.15, 0.2) is 0 Å². The van der Waals surface area contributed by atoms with Crippen LogP contribution in [0.4, 0.5) is 0 Å². The Kier molecular flexibility index (Phi) is 6.17. The molecule has 0 rings (SSSR count). The molecule has 0 aliphatic carbocycles. The number of Topliss-reactive ketones (excluding diaryl/α,β-unsaturated/α-hetero) is 1. The summed E-state index contributed by atoms with van der Waals surface area (Å²) in [5.41, 5.74) is 0. The van der Waals surface area contributed by atoms with Crippen LogP contribution in [0.15, 0.2) is 0 Å². The first kappa shape index (κ1) is 13.1. The van der Waals surface area contributed by atoms with Crippen molar-refractivity contribution in [3.8, 4) is 0 Å². The molecule has 0 N–H and O–H groups in total. The zero-order valence-corrected chi connectivity index (χ0v) is 9.50. The van der Waals surface area contributed by atoms with E-state index in [0.29, 0.717) is 13.0 Å². The van der Waals surface area contributed by atoms with E-state index >= 15 is 0 Å². The summed E-state index contributed by atoms with van der Waals surface area (Å²) in [7, 11) is 0. The molecule has 0 aromatic heterocycles. The zero-order valence-electron chi connectivity index (χ0n) is 9.50. The molecule has 0 aliphatic rings. The highest BCUT2D eigenvalue weighted by Crippen LogP contribution is 2.16. The Morgan fingerprint density at radius 2 is 1.86 bits per heavy atom. The maximum atomic E-state index is 11.3. The molecule has 3 heteroatoms. The van der Waals surface area contributed by atoms with Crippen LogP contribution in [0.1, 0.15) is 40.5 Å². The van der Waals surface area contributed by atoms with Gasteiger partial charge in [-0.15, -0.1) is 0 Å². The van der Waals surface area contributed by atoms with Gasteiger partial charge >= 0.3 is 5.97 Å². The number of carbonyl (C=O) groups is 2. The summed E-state index contributed by atoms with van der Waals surface area (Å²) in [4.78, 5) is 22.1. The van der Waals surface area contributed by atoms with Gasteiger partial charge in [-0.2, -0.15) is 0 Å². The van der Waals surface area contributed by atoms with Crippen LogP contribution in [0.25, 0.3) is 0 Å². The third-order valence-electron chi connectivity index (χ3n) is 2.08. The van der Waals surface area contributed by atoms with Gasteiger partial charge in [0.1, 0.15) is 5.78 Å². The van der Waals surface area contributed by atoms with Crippen molar-refractivity contribution in [2.24, 2.45) is 11.8 Å². The van der Waals surface area contributed by atoms with Gasteiger partial charge in [-0.3, -0.25) is 4.79 Å². The third kappa shape index (κ3) is 5.73. The second-order valence-electron chi connectivity index (χ2n) is 3.90. The monoisotopic (exact) mass is 200 g/mol. The average molecular weight is 200 g/mol. The molecule has 0 radical (unpaired) electrons. The van der Waals surface area contributed by atoms with Gasteiger partial charge < -0.3 is 9.53 Å². The van der Waals surface area contributed by atoms with Crippen molar-refractivity contribution in [3.63, 3.8) is 0 Å². The van der Waals surface area contributed by atoms with Crippen molar-refractivity contribution >= 4 is 11.8 Å². The van der Waals surface area contributed by atoms with Crippen molar-refractivity contribution in [1.82, 2.24) is 0 Å². The molecule has 0 saturated heterocycles. The summed E-state index contributed by atoms with van der Waals surface area (Å²) in [6.45, 7) is 7.62. The number of ether oxygens (including phenoxy) is 1. The van der Waals surface area contributed by atoms with Crippen LogP contribution in [-0.4, -0.2) is 18.4 Å². The summed E-state index contributed by atoms with van der Waals surface area (Å²) in [6.07, 6.45) is 1.27. The molecule has 0 amide bonds. The molecule has 14 heavy (non-hydrogen) atoms. The summed E-state index contributed by atoms with van der Waals surface area (Å²) >= 11 is 0. The lowest BCUT2D eigenvalue weighted by Crippen LogP contribution is -2.18. The lowest BCUT2D eigenvalue weighted by Gasteiger charge is -2.14. The second-order valence-corrected chi connectivity index (χ2v) is 3.90. The molecule has 0 unspecified atom stereocenters. The van der Waals surface area contributed by atoms with Crippen LogP contribution in [0.5, 0.6) is 0 Å². The number of carbonyl (C=O) groups excluding carboxylic acids is 2. The highest BCUT2D eigenvalue weighted by molar-refractivity contribution is 5.76. The van der Waals surface area contributed by atoms with Gasteiger partial charge in [0.2, 0.25) is 0 Å². The highest BCUT2D eigenvalue weighted by atomic mass is 16.5. The van der Waals surface area contributed by atoms with E-state index in [9.17, 15) is 9.59 Å². The number of hydrogen-bond donors (Lipinski definition) is 0. The molecule has 0 spiro atoms. The minimum atomic E-state index is -0.164. The van der Waals surface area contributed by atoms with Crippen LogP contribution < -0.4 is 0 Å². The highest BCUT2D eigenvalue weighted by Gasteiger charge is 2.17. The molecule has 0 aromatic carbocycles. The largest absolute Gasteiger partial charge is 0.466 e. The molecule has 0 bridgehead atoms. The molecule has 0 aromatic rings. The van der Waals surface area contributed by atoms with Crippen LogP contribution in [0.2, 0.25) is 0 Å². The van der Waals surface area contributed by atoms with Crippen molar-refractivity contribution < 1.29 is 14.3 Å². The molecule has 82 valence electrons. The SMILES string of the molecule is CCOC(=O)[C@@H](C)C[C@@H](C)CC(C)=O. The van der Waals surface area contributed by atoms with E-state index in [2.05, 4.69) is 0 Å². The fourth-order valence-corrected chi connectivity index (χ4v) is 1.56. The van der Waals surface area contributed by atoms with E-state index in [-0.39, 0.29) is 23.6 Å². The number of hydrogen-bond acceptors (Lipinski definition) is 3. The predicted octanol–water partition coefficient (Wildman–Crippen LogP) is 2.19. The minimum absolute atomic E-state index is 0.107. The van der Waals surface area contributed by atoms with Crippen LogP contribution in [-0.2, 0) is 14.3 Å². The lowest BCUT2D eigenvalue weighted by atomic mass is 9.93. The number of rotatable bonds is 6. The van der Waals surface area contributed by atoms with Gasteiger partial charge in [0.25, 0.3) is 0 Å². The van der Waals surface area contributed by atoms with Crippen LogP contribution in [0, 0.1) is 11.8 Å². The second kappa shape index (κ2) is 6.57. The lowest BCUT2D eigenvalue weighted by molar-refractivity contribution is -0.148. The Bertz CT molecular complexity index is 199. The summed E-state index contributed by atoms with van der Waals surface area (Å²) in [5.74, 6) is 0.160. The molecule has 0 heterocycles. The maximum Gasteiger partial charge on any atom is 0.308 e. The first-order valence-corrected chi connectivity index (χ1v) is 5.13. The Balaban J connectivity index is 3.86.